The zero-order valence-electron chi connectivity index (χ0n) is 10.4. The number of aromatic nitrogens is 1. The Morgan fingerprint density at radius 3 is 2.82 bits per heavy atom. The van der Waals surface area contributed by atoms with Gasteiger partial charge in [-0.2, -0.15) is 0 Å². The standard InChI is InChI=1S/C13H20N2O2/c1-10(2)12(15-13(16)17)7-3-5-11-6-4-8-14-9-11/h4,6,8-10,12,15H,3,5,7H2,1-2H3,(H,16,17)/t12-/m1/s1. The van der Waals surface area contributed by atoms with Gasteiger partial charge in [-0.15, -0.1) is 0 Å². The van der Waals surface area contributed by atoms with E-state index < -0.39 is 6.09 Å². The summed E-state index contributed by atoms with van der Waals surface area (Å²) in [4.78, 5) is 14.7. The molecule has 4 heteroatoms. The van der Waals surface area contributed by atoms with E-state index in [1.807, 2.05) is 32.2 Å². The number of carboxylic acid groups (broad SMARTS) is 1. The van der Waals surface area contributed by atoms with Gasteiger partial charge < -0.3 is 10.4 Å². The van der Waals surface area contributed by atoms with Gasteiger partial charge in [0.2, 0.25) is 0 Å². The predicted molar refractivity (Wildman–Crippen MR) is 67.0 cm³/mol. The summed E-state index contributed by atoms with van der Waals surface area (Å²) in [6.07, 6.45) is 5.44. The van der Waals surface area contributed by atoms with Crippen LogP contribution in [0.3, 0.4) is 0 Å². The molecule has 1 aromatic heterocycles. The van der Waals surface area contributed by atoms with E-state index in [0.29, 0.717) is 5.92 Å². The van der Waals surface area contributed by atoms with Crippen molar-refractivity contribution in [3.63, 3.8) is 0 Å². The van der Waals surface area contributed by atoms with E-state index in [4.69, 9.17) is 5.11 Å². The number of hydrogen-bond donors (Lipinski definition) is 2. The molecular weight excluding hydrogens is 216 g/mol. The van der Waals surface area contributed by atoms with Crippen LogP contribution >= 0.6 is 0 Å². The van der Waals surface area contributed by atoms with Crippen LogP contribution in [0.4, 0.5) is 4.79 Å². The van der Waals surface area contributed by atoms with Crippen molar-refractivity contribution in [3.05, 3.63) is 30.1 Å². The Bertz CT molecular complexity index is 339. The Balaban J connectivity index is 2.35. The van der Waals surface area contributed by atoms with Crippen molar-refractivity contribution < 1.29 is 9.90 Å². The van der Waals surface area contributed by atoms with Crippen molar-refractivity contribution in [2.45, 2.75) is 39.2 Å². The molecular formula is C13H20N2O2. The Kier molecular flexibility index (Phi) is 5.46. The summed E-state index contributed by atoms with van der Waals surface area (Å²) in [6.45, 7) is 4.06. The van der Waals surface area contributed by atoms with Crippen LogP contribution in [0.25, 0.3) is 0 Å². The maximum atomic E-state index is 10.6. The minimum absolute atomic E-state index is 0.0316. The molecule has 1 rings (SSSR count). The van der Waals surface area contributed by atoms with Crippen LogP contribution in [0.15, 0.2) is 24.5 Å². The van der Waals surface area contributed by atoms with Gasteiger partial charge in [-0.3, -0.25) is 4.98 Å². The molecule has 0 fully saturated rings. The maximum absolute atomic E-state index is 10.6. The van der Waals surface area contributed by atoms with E-state index in [-0.39, 0.29) is 6.04 Å². The first-order valence-electron chi connectivity index (χ1n) is 5.98. The highest BCUT2D eigenvalue weighted by molar-refractivity contribution is 5.64. The molecule has 1 aromatic rings. The Labute approximate surface area is 102 Å². The lowest BCUT2D eigenvalue weighted by atomic mass is 9.97. The summed E-state index contributed by atoms with van der Waals surface area (Å²) < 4.78 is 0. The van der Waals surface area contributed by atoms with E-state index in [9.17, 15) is 4.79 Å². The Hall–Kier alpha value is -1.58. The number of aryl methyl sites for hydroxylation is 1. The molecule has 0 aliphatic carbocycles. The maximum Gasteiger partial charge on any atom is 0.404 e. The van der Waals surface area contributed by atoms with E-state index in [1.54, 1.807) is 6.20 Å². The minimum atomic E-state index is -0.940. The fourth-order valence-electron chi connectivity index (χ4n) is 1.80. The molecule has 1 amide bonds. The highest BCUT2D eigenvalue weighted by Crippen LogP contribution is 2.11. The summed E-state index contributed by atoms with van der Waals surface area (Å²) in [5.74, 6) is 0.319. The van der Waals surface area contributed by atoms with Crippen molar-refractivity contribution in [2.24, 2.45) is 5.92 Å². The van der Waals surface area contributed by atoms with Gasteiger partial charge >= 0.3 is 6.09 Å². The molecule has 17 heavy (non-hydrogen) atoms. The van der Waals surface area contributed by atoms with Gasteiger partial charge in [-0.25, -0.2) is 4.79 Å². The lowest BCUT2D eigenvalue weighted by Gasteiger charge is -2.20. The van der Waals surface area contributed by atoms with Crippen LogP contribution in [-0.2, 0) is 6.42 Å². The largest absolute Gasteiger partial charge is 0.465 e. The highest BCUT2D eigenvalue weighted by atomic mass is 16.4. The van der Waals surface area contributed by atoms with Crippen LogP contribution in [-0.4, -0.2) is 22.2 Å². The van der Waals surface area contributed by atoms with Crippen LogP contribution < -0.4 is 5.32 Å². The van der Waals surface area contributed by atoms with E-state index in [1.165, 1.54) is 5.56 Å². The molecule has 0 aliphatic rings. The molecule has 0 aliphatic heterocycles. The first-order chi connectivity index (χ1) is 8.09. The van der Waals surface area contributed by atoms with Gasteiger partial charge in [0, 0.05) is 18.4 Å². The Morgan fingerprint density at radius 2 is 2.29 bits per heavy atom. The zero-order valence-corrected chi connectivity index (χ0v) is 10.4. The second-order valence-electron chi connectivity index (χ2n) is 4.55. The second-order valence-corrected chi connectivity index (χ2v) is 4.55. The molecule has 0 aromatic carbocycles. The lowest BCUT2D eigenvalue weighted by Crippen LogP contribution is -2.37. The minimum Gasteiger partial charge on any atom is -0.465 e. The third-order valence-corrected chi connectivity index (χ3v) is 2.82. The SMILES string of the molecule is CC(C)[C@@H](CCCc1cccnc1)NC(=O)O. The van der Waals surface area contributed by atoms with Crippen molar-refractivity contribution in [1.29, 1.82) is 0 Å². The lowest BCUT2D eigenvalue weighted by molar-refractivity contribution is 0.184. The number of amides is 1. The quantitative estimate of drug-likeness (QED) is 0.798. The van der Waals surface area contributed by atoms with Crippen LogP contribution in [0.5, 0.6) is 0 Å². The van der Waals surface area contributed by atoms with Crippen molar-refractivity contribution in [1.82, 2.24) is 10.3 Å². The van der Waals surface area contributed by atoms with E-state index >= 15 is 0 Å². The summed E-state index contributed by atoms with van der Waals surface area (Å²) in [6, 6.07) is 4.00. The van der Waals surface area contributed by atoms with Gasteiger partial charge in [0.05, 0.1) is 0 Å². The van der Waals surface area contributed by atoms with Gasteiger partial charge in [0.1, 0.15) is 0 Å². The molecule has 94 valence electrons. The first-order valence-corrected chi connectivity index (χ1v) is 5.98. The fraction of sp³-hybridized carbons (Fsp3) is 0.538. The first kappa shape index (κ1) is 13.5. The summed E-state index contributed by atoms with van der Waals surface area (Å²) in [5, 5.41) is 11.3. The summed E-state index contributed by atoms with van der Waals surface area (Å²) >= 11 is 0. The molecule has 1 heterocycles. The van der Waals surface area contributed by atoms with Gasteiger partial charge in [0.15, 0.2) is 0 Å². The van der Waals surface area contributed by atoms with Crippen LogP contribution in [0.1, 0.15) is 32.3 Å². The average molecular weight is 236 g/mol. The number of nitrogens with zero attached hydrogens (tertiary/aromatic N) is 1. The molecule has 0 saturated carbocycles. The van der Waals surface area contributed by atoms with E-state index in [0.717, 1.165) is 19.3 Å². The summed E-state index contributed by atoms with van der Waals surface area (Å²) in [5.41, 5.74) is 1.20. The topological polar surface area (TPSA) is 62.2 Å². The molecule has 4 nitrogen and oxygen atoms in total. The van der Waals surface area contributed by atoms with Crippen molar-refractivity contribution in [2.75, 3.05) is 0 Å². The summed E-state index contributed by atoms with van der Waals surface area (Å²) in [7, 11) is 0. The fourth-order valence-corrected chi connectivity index (χ4v) is 1.80. The number of hydrogen-bond acceptors (Lipinski definition) is 2. The van der Waals surface area contributed by atoms with E-state index in [2.05, 4.69) is 10.3 Å². The predicted octanol–water partition coefficient (Wildman–Crippen LogP) is 2.70. The molecule has 2 N–H and O–H groups in total. The normalized spacial score (nSPS) is 12.4. The average Bonchev–Trinajstić information content (AvgIpc) is 2.28. The monoisotopic (exact) mass is 236 g/mol. The number of nitrogens with one attached hydrogen (secondary N) is 1. The van der Waals surface area contributed by atoms with Crippen molar-refractivity contribution >= 4 is 6.09 Å². The van der Waals surface area contributed by atoms with Gasteiger partial charge in [-0.1, -0.05) is 19.9 Å². The molecule has 0 radical (unpaired) electrons. The molecule has 1 atom stereocenters. The third-order valence-electron chi connectivity index (χ3n) is 2.82. The van der Waals surface area contributed by atoms with Gasteiger partial charge in [-0.05, 0) is 36.8 Å². The number of rotatable bonds is 6. The molecule has 0 bridgehead atoms. The Morgan fingerprint density at radius 1 is 1.53 bits per heavy atom. The number of pyridine rings is 1. The molecule has 0 unspecified atom stereocenters. The zero-order chi connectivity index (χ0) is 12.7. The number of carbonyl (C=O) groups is 1. The highest BCUT2D eigenvalue weighted by Gasteiger charge is 2.14. The second kappa shape index (κ2) is 6.89. The van der Waals surface area contributed by atoms with Crippen LogP contribution in [0.2, 0.25) is 0 Å². The van der Waals surface area contributed by atoms with Gasteiger partial charge in [0.25, 0.3) is 0 Å². The smallest absolute Gasteiger partial charge is 0.404 e. The third kappa shape index (κ3) is 5.33. The molecule has 0 saturated heterocycles. The molecule has 0 spiro atoms. The van der Waals surface area contributed by atoms with Crippen molar-refractivity contribution in [3.8, 4) is 0 Å². The van der Waals surface area contributed by atoms with Crippen LogP contribution in [0, 0.1) is 5.92 Å².